The third kappa shape index (κ3) is 5.50. The molecule has 1 aromatic heterocycles. The van der Waals surface area contributed by atoms with Crippen molar-refractivity contribution in [2.24, 2.45) is 5.92 Å². The normalized spacial score (nSPS) is 13.0. The number of aryl methyl sites for hydroxylation is 1. The van der Waals surface area contributed by atoms with E-state index in [1.807, 2.05) is 19.2 Å². The van der Waals surface area contributed by atoms with Gasteiger partial charge in [-0.1, -0.05) is 32.5 Å². The highest BCUT2D eigenvalue weighted by molar-refractivity contribution is 7.99. The molecule has 1 N–H and O–H groups in total. The van der Waals surface area contributed by atoms with Gasteiger partial charge in [0.25, 0.3) is 0 Å². The van der Waals surface area contributed by atoms with E-state index in [2.05, 4.69) is 36.1 Å². The lowest BCUT2D eigenvalue weighted by Gasteiger charge is -2.21. The minimum Gasteiger partial charge on any atom is -0.313 e. The summed E-state index contributed by atoms with van der Waals surface area (Å²) in [6.07, 6.45) is 3.00. The smallest absolute Gasteiger partial charge is 0.187 e. The standard InChI is InChI=1S/C13H23N3S/c1-5-7-14-12(10(2)3)9-17-13-15-8-6-11(4)16-13/h6,8,10,12,14H,5,7,9H2,1-4H3. The lowest BCUT2D eigenvalue weighted by molar-refractivity contribution is 0.433. The Hall–Kier alpha value is -0.610. The van der Waals surface area contributed by atoms with E-state index in [1.165, 1.54) is 6.42 Å². The molecular weight excluding hydrogens is 230 g/mol. The maximum absolute atomic E-state index is 4.41. The summed E-state index contributed by atoms with van der Waals surface area (Å²) in [6.45, 7) is 9.79. The highest BCUT2D eigenvalue weighted by atomic mass is 32.2. The molecule has 0 saturated carbocycles. The van der Waals surface area contributed by atoms with Crippen LogP contribution < -0.4 is 5.32 Å². The van der Waals surface area contributed by atoms with Gasteiger partial charge in [-0.05, 0) is 31.9 Å². The van der Waals surface area contributed by atoms with Gasteiger partial charge < -0.3 is 5.32 Å². The Morgan fingerprint density at radius 2 is 2.18 bits per heavy atom. The fourth-order valence-corrected chi connectivity index (χ4v) is 2.65. The van der Waals surface area contributed by atoms with Crippen LogP contribution in [0, 0.1) is 12.8 Å². The van der Waals surface area contributed by atoms with Crippen LogP contribution in [0.3, 0.4) is 0 Å². The van der Waals surface area contributed by atoms with Crippen molar-refractivity contribution in [2.75, 3.05) is 12.3 Å². The Morgan fingerprint density at radius 1 is 1.41 bits per heavy atom. The minimum absolute atomic E-state index is 0.532. The number of nitrogens with zero attached hydrogens (tertiary/aromatic N) is 2. The van der Waals surface area contributed by atoms with E-state index in [-0.39, 0.29) is 0 Å². The Balaban J connectivity index is 2.45. The number of thioether (sulfide) groups is 1. The maximum atomic E-state index is 4.41. The fourth-order valence-electron chi connectivity index (χ4n) is 1.48. The number of hydrogen-bond donors (Lipinski definition) is 1. The summed E-state index contributed by atoms with van der Waals surface area (Å²) in [7, 11) is 0. The summed E-state index contributed by atoms with van der Waals surface area (Å²) in [6, 6.07) is 2.46. The average Bonchev–Trinajstić information content (AvgIpc) is 2.28. The van der Waals surface area contributed by atoms with Crippen molar-refractivity contribution in [1.82, 2.24) is 15.3 Å². The quantitative estimate of drug-likeness (QED) is 0.599. The Kier molecular flexibility index (Phi) is 6.52. The maximum Gasteiger partial charge on any atom is 0.187 e. The highest BCUT2D eigenvalue weighted by Gasteiger charge is 2.13. The molecule has 96 valence electrons. The lowest BCUT2D eigenvalue weighted by atomic mass is 10.1. The first-order chi connectivity index (χ1) is 8.13. The van der Waals surface area contributed by atoms with Crippen molar-refractivity contribution >= 4 is 11.8 Å². The Morgan fingerprint density at radius 3 is 2.76 bits per heavy atom. The molecule has 4 heteroatoms. The van der Waals surface area contributed by atoms with Crippen LogP contribution in [-0.2, 0) is 0 Å². The van der Waals surface area contributed by atoms with Gasteiger partial charge in [-0.2, -0.15) is 0 Å². The van der Waals surface area contributed by atoms with Gasteiger partial charge in [0, 0.05) is 23.7 Å². The van der Waals surface area contributed by atoms with E-state index in [9.17, 15) is 0 Å². The molecule has 3 nitrogen and oxygen atoms in total. The molecule has 0 spiro atoms. The van der Waals surface area contributed by atoms with Crippen LogP contribution in [-0.4, -0.2) is 28.3 Å². The second-order valence-corrected chi connectivity index (χ2v) is 5.58. The summed E-state index contributed by atoms with van der Waals surface area (Å²) in [5.41, 5.74) is 1.03. The Labute approximate surface area is 109 Å². The first-order valence-electron chi connectivity index (χ1n) is 6.29. The molecule has 1 rings (SSSR count). The second kappa shape index (κ2) is 7.67. The van der Waals surface area contributed by atoms with Gasteiger partial charge in [-0.15, -0.1) is 0 Å². The lowest BCUT2D eigenvalue weighted by Crippen LogP contribution is -2.36. The number of nitrogens with one attached hydrogen (secondary N) is 1. The van der Waals surface area contributed by atoms with E-state index in [0.717, 1.165) is 23.1 Å². The molecule has 0 amide bonds. The molecule has 1 atom stereocenters. The predicted octanol–water partition coefficient (Wildman–Crippen LogP) is 2.90. The van der Waals surface area contributed by atoms with Crippen molar-refractivity contribution in [3.63, 3.8) is 0 Å². The van der Waals surface area contributed by atoms with Crippen LogP contribution in [0.15, 0.2) is 17.4 Å². The monoisotopic (exact) mass is 253 g/mol. The second-order valence-electron chi connectivity index (χ2n) is 4.60. The van der Waals surface area contributed by atoms with Gasteiger partial charge in [-0.3, -0.25) is 0 Å². The van der Waals surface area contributed by atoms with Crippen molar-refractivity contribution in [1.29, 1.82) is 0 Å². The first kappa shape index (κ1) is 14.5. The molecule has 0 aliphatic carbocycles. The van der Waals surface area contributed by atoms with Crippen LogP contribution in [0.1, 0.15) is 32.9 Å². The molecule has 0 aliphatic heterocycles. The van der Waals surface area contributed by atoms with Crippen LogP contribution in [0.4, 0.5) is 0 Å². The molecule has 0 bridgehead atoms. The van der Waals surface area contributed by atoms with Gasteiger partial charge in [-0.25, -0.2) is 9.97 Å². The molecule has 1 aromatic rings. The van der Waals surface area contributed by atoms with E-state index in [1.54, 1.807) is 11.8 Å². The number of rotatable bonds is 7. The van der Waals surface area contributed by atoms with Gasteiger partial charge in [0.05, 0.1) is 0 Å². The molecule has 0 radical (unpaired) electrons. The van der Waals surface area contributed by atoms with E-state index in [0.29, 0.717) is 12.0 Å². The van der Waals surface area contributed by atoms with E-state index in [4.69, 9.17) is 0 Å². The molecule has 0 saturated heterocycles. The molecule has 1 heterocycles. The molecule has 1 unspecified atom stereocenters. The van der Waals surface area contributed by atoms with Crippen LogP contribution in [0.5, 0.6) is 0 Å². The summed E-state index contributed by atoms with van der Waals surface area (Å²) in [5.74, 6) is 1.67. The largest absolute Gasteiger partial charge is 0.313 e. The van der Waals surface area contributed by atoms with Gasteiger partial charge >= 0.3 is 0 Å². The molecule has 17 heavy (non-hydrogen) atoms. The zero-order valence-corrected chi connectivity index (χ0v) is 12.0. The summed E-state index contributed by atoms with van der Waals surface area (Å²) < 4.78 is 0. The average molecular weight is 253 g/mol. The van der Waals surface area contributed by atoms with Crippen LogP contribution >= 0.6 is 11.8 Å². The first-order valence-corrected chi connectivity index (χ1v) is 7.28. The predicted molar refractivity (Wildman–Crippen MR) is 74.4 cm³/mol. The van der Waals surface area contributed by atoms with Crippen molar-refractivity contribution in [3.8, 4) is 0 Å². The zero-order chi connectivity index (χ0) is 12.7. The van der Waals surface area contributed by atoms with E-state index < -0.39 is 0 Å². The number of hydrogen-bond acceptors (Lipinski definition) is 4. The van der Waals surface area contributed by atoms with Crippen molar-refractivity contribution < 1.29 is 0 Å². The molecule has 0 aliphatic rings. The topological polar surface area (TPSA) is 37.8 Å². The van der Waals surface area contributed by atoms with Crippen molar-refractivity contribution in [3.05, 3.63) is 18.0 Å². The number of aromatic nitrogens is 2. The third-order valence-corrected chi connectivity index (χ3v) is 3.61. The summed E-state index contributed by atoms with van der Waals surface area (Å²) in [4.78, 5) is 8.68. The Bertz CT molecular complexity index is 328. The van der Waals surface area contributed by atoms with E-state index >= 15 is 0 Å². The zero-order valence-electron chi connectivity index (χ0n) is 11.2. The van der Waals surface area contributed by atoms with Crippen molar-refractivity contribution in [2.45, 2.75) is 45.3 Å². The summed E-state index contributed by atoms with van der Waals surface area (Å²) in [5, 5.41) is 4.46. The van der Waals surface area contributed by atoms with Gasteiger partial charge in [0.2, 0.25) is 0 Å². The highest BCUT2D eigenvalue weighted by Crippen LogP contribution is 2.16. The minimum atomic E-state index is 0.532. The van der Waals surface area contributed by atoms with Crippen LogP contribution in [0.25, 0.3) is 0 Å². The van der Waals surface area contributed by atoms with Gasteiger partial charge in [0.1, 0.15) is 0 Å². The molecule has 0 fully saturated rings. The molecule has 0 aromatic carbocycles. The third-order valence-electron chi connectivity index (χ3n) is 2.63. The van der Waals surface area contributed by atoms with Crippen LogP contribution in [0.2, 0.25) is 0 Å². The summed E-state index contributed by atoms with van der Waals surface area (Å²) >= 11 is 1.74. The SMILES string of the molecule is CCCNC(CSc1nccc(C)n1)C(C)C. The molecular formula is C13H23N3S. The fraction of sp³-hybridized carbons (Fsp3) is 0.692. The van der Waals surface area contributed by atoms with Gasteiger partial charge in [0.15, 0.2) is 5.16 Å².